The van der Waals surface area contributed by atoms with Crippen LogP contribution < -0.4 is 15.2 Å². The lowest BCUT2D eigenvalue weighted by atomic mass is 10.1. The number of para-hydroxylation sites is 2. The van der Waals surface area contributed by atoms with E-state index in [4.69, 9.17) is 4.74 Å². The van der Waals surface area contributed by atoms with Gasteiger partial charge >= 0.3 is 0 Å². The molecule has 9 heteroatoms. The Kier molecular flexibility index (Phi) is 5.83. The Morgan fingerprint density at radius 3 is 2.32 bits per heavy atom. The molecular weight excluding hydrogens is 485 g/mol. The van der Waals surface area contributed by atoms with Crippen LogP contribution >= 0.6 is 0 Å². The van der Waals surface area contributed by atoms with Crippen LogP contribution in [0.4, 0.5) is 10.1 Å². The number of piperazine rings is 1. The number of carbonyl (C=O) groups excluding carboxylic acids is 1. The molecule has 0 radical (unpaired) electrons. The number of hydrogen-bond acceptors (Lipinski definition) is 5. The van der Waals surface area contributed by atoms with E-state index in [2.05, 4.69) is 5.10 Å². The topological polar surface area (TPSA) is 72.6 Å². The van der Waals surface area contributed by atoms with Crippen LogP contribution in [0, 0.1) is 5.82 Å². The highest BCUT2D eigenvalue weighted by atomic mass is 19.1. The first-order chi connectivity index (χ1) is 18.5. The molecule has 0 aliphatic carbocycles. The standard InChI is InChI=1S/C29H26FN5O3/c1-32-23-9-5-3-7-21(23)25-26(31-35(29(37)27(25)32)19-11-13-20(38-2)14-12-19)28(36)34-17-15-33(16-18-34)24-10-6-4-8-22(24)30/h3-14H,15-18H2,1-2H3. The third kappa shape index (κ3) is 3.78. The van der Waals surface area contributed by atoms with Gasteiger partial charge in [-0.1, -0.05) is 30.3 Å². The zero-order chi connectivity index (χ0) is 26.4. The molecule has 1 aliphatic rings. The molecule has 0 unspecified atom stereocenters. The van der Waals surface area contributed by atoms with Gasteiger partial charge < -0.3 is 19.1 Å². The Morgan fingerprint density at radius 1 is 0.921 bits per heavy atom. The van der Waals surface area contributed by atoms with Gasteiger partial charge in [0.1, 0.15) is 17.1 Å². The van der Waals surface area contributed by atoms with E-state index in [1.807, 2.05) is 40.8 Å². The molecule has 6 rings (SSSR count). The molecule has 0 bridgehead atoms. The van der Waals surface area contributed by atoms with Crippen molar-refractivity contribution >= 4 is 33.4 Å². The first-order valence-electron chi connectivity index (χ1n) is 12.4. The van der Waals surface area contributed by atoms with Crippen LogP contribution in [0.25, 0.3) is 27.5 Å². The quantitative estimate of drug-likeness (QED) is 0.365. The zero-order valence-electron chi connectivity index (χ0n) is 21.1. The van der Waals surface area contributed by atoms with Crippen molar-refractivity contribution in [3.63, 3.8) is 0 Å². The molecule has 0 N–H and O–H groups in total. The van der Waals surface area contributed by atoms with Gasteiger partial charge in [-0.25, -0.2) is 4.39 Å². The number of anilines is 1. The molecule has 38 heavy (non-hydrogen) atoms. The third-order valence-corrected chi connectivity index (χ3v) is 7.22. The van der Waals surface area contributed by atoms with Crippen molar-refractivity contribution in [2.45, 2.75) is 0 Å². The van der Waals surface area contributed by atoms with Crippen molar-refractivity contribution < 1.29 is 13.9 Å². The van der Waals surface area contributed by atoms with Gasteiger partial charge in [0, 0.05) is 49.5 Å². The van der Waals surface area contributed by atoms with Crippen molar-refractivity contribution in [3.05, 3.63) is 94.7 Å². The average molecular weight is 512 g/mol. The lowest BCUT2D eigenvalue weighted by molar-refractivity contribution is 0.0741. The maximum absolute atomic E-state index is 14.3. The first-order valence-corrected chi connectivity index (χ1v) is 12.4. The third-order valence-electron chi connectivity index (χ3n) is 7.22. The van der Waals surface area contributed by atoms with E-state index in [0.717, 1.165) is 10.9 Å². The summed E-state index contributed by atoms with van der Waals surface area (Å²) in [4.78, 5) is 31.4. The smallest absolute Gasteiger partial charge is 0.296 e. The summed E-state index contributed by atoms with van der Waals surface area (Å²) < 4.78 is 22.7. The van der Waals surface area contributed by atoms with E-state index in [1.165, 1.54) is 10.7 Å². The van der Waals surface area contributed by atoms with Crippen LogP contribution in [0.15, 0.2) is 77.6 Å². The molecule has 2 aromatic heterocycles. The predicted octanol–water partition coefficient (Wildman–Crippen LogP) is 3.99. The fourth-order valence-corrected chi connectivity index (χ4v) is 5.24. The van der Waals surface area contributed by atoms with Crippen LogP contribution in [-0.2, 0) is 7.05 Å². The lowest BCUT2D eigenvalue weighted by Crippen LogP contribution is -2.49. The first kappa shape index (κ1) is 23.7. The van der Waals surface area contributed by atoms with Gasteiger partial charge in [0.25, 0.3) is 11.5 Å². The van der Waals surface area contributed by atoms with Crippen molar-refractivity contribution in [1.29, 1.82) is 0 Å². The van der Waals surface area contributed by atoms with Gasteiger partial charge in [-0.3, -0.25) is 9.59 Å². The largest absolute Gasteiger partial charge is 0.497 e. The second kappa shape index (κ2) is 9.33. The Labute approximate surface area is 218 Å². The minimum absolute atomic E-state index is 0.214. The minimum Gasteiger partial charge on any atom is -0.497 e. The number of amides is 1. The minimum atomic E-state index is -0.315. The Morgan fingerprint density at radius 2 is 1.61 bits per heavy atom. The molecule has 1 saturated heterocycles. The molecule has 0 saturated carbocycles. The highest BCUT2D eigenvalue weighted by Gasteiger charge is 2.29. The number of rotatable bonds is 4. The highest BCUT2D eigenvalue weighted by molar-refractivity contribution is 6.16. The molecule has 1 aliphatic heterocycles. The Balaban J connectivity index is 1.45. The summed E-state index contributed by atoms with van der Waals surface area (Å²) in [5, 5.41) is 5.98. The maximum Gasteiger partial charge on any atom is 0.296 e. The highest BCUT2D eigenvalue weighted by Crippen LogP contribution is 2.30. The maximum atomic E-state index is 14.3. The number of nitrogens with zero attached hydrogens (tertiary/aromatic N) is 5. The molecule has 192 valence electrons. The number of hydrogen-bond donors (Lipinski definition) is 0. The van der Waals surface area contributed by atoms with E-state index in [0.29, 0.717) is 54.2 Å². The van der Waals surface area contributed by atoms with Crippen molar-refractivity contribution in [2.75, 3.05) is 38.2 Å². The van der Waals surface area contributed by atoms with Crippen molar-refractivity contribution in [2.24, 2.45) is 7.05 Å². The fourth-order valence-electron chi connectivity index (χ4n) is 5.24. The zero-order valence-corrected chi connectivity index (χ0v) is 21.1. The van der Waals surface area contributed by atoms with Crippen LogP contribution in [-0.4, -0.2) is 58.4 Å². The molecule has 1 fully saturated rings. The number of halogens is 1. The summed E-state index contributed by atoms with van der Waals surface area (Å²) in [6, 6.07) is 21.3. The van der Waals surface area contributed by atoms with Crippen LogP contribution in [0.5, 0.6) is 5.75 Å². The number of benzene rings is 3. The van der Waals surface area contributed by atoms with Crippen LogP contribution in [0.1, 0.15) is 10.5 Å². The van der Waals surface area contributed by atoms with E-state index < -0.39 is 0 Å². The monoisotopic (exact) mass is 511 g/mol. The van der Waals surface area contributed by atoms with E-state index in [1.54, 1.807) is 54.5 Å². The summed E-state index contributed by atoms with van der Waals surface area (Å²) in [6.07, 6.45) is 0. The number of fused-ring (bicyclic) bond motifs is 3. The van der Waals surface area contributed by atoms with Gasteiger partial charge in [0.15, 0.2) is 5.69 Å². The van der Waals surface area contributed by atoms with E-state index in [9.17, 15) is 14.0 Å². The van der Waals surface area contributed by atoms with E-state index in [-0.39, 0.29) is 23.0 Å². The fraction of sp³-hybridized carbons (Fsp3) is 0.207. The summed E-state index contributed by atoms with van der Waals surface area (Å²) in [7, 11) is 3.40. The average Bonchev–Trinajstić information content (AvgIpc) is 3.26. The molecule has 1 amide bonds. The number of methoxy groups -OCH3 is 1. The molecule has 5 aromatic rings. The number of aromatic nitrogens is 3. The van der Waals surface area contributed by atoms with Gasteiger partial charge in [-0.05, 0) is 42.5 Å². The molecule has 0 spiro atoms. The molecular formula is C29H26FN5O3. The second-order valence-corrected chi connectivity index (χ2v) is 9.29. The van der Waals surface area contributed by atoms with Crippen molar-refractivity contribution in [3.8, 4) is 11.4 Å². The SMILES string of the molecule is COc1ccc(-n2nc(C(=O)N3CCN(c4ccccc4F)CC3)c3c4ccccc4n(C)c3c2=O)cc1. The van der Waals surface area contributed by atoms with Gasteiger partial charge in [0.05, 0.1) is 18.5 Å². The van der Waals surface area contributed by atoms with Gasteiger partial charge in [0.2, 0.25) is 0 Å². The van der Waals surface area contributed by atoms with Crippen LogP contribution in [0.2, 0.25) is 0 Å². The summed E-state index contributed by atoms with van der Waals surface area (Å²) in [6.45, 7) is 1.79. The van der Waals surface area contributed by atoms with Crippen molar-refractivity contribution in [1.82, 2.24) is 19.2 Å². The van der Waals surface area contributed by atoms with E-state index >= 15 is 0 Å². The molecule has 3 heterocycles. The Hall–Kier alpha value is -4.66. The summed E-state index contributed by atoms with van der Waals surface area (Å²) in [5.41, 5.74) is 2.21. The number of aryl methyl sites for hydroxylation is 1. The van der Waals surface area contributed by atoms with Gasteiger partial charge in [-0.2, -0.15) is 9.78 Å². The number of ether oxygens (including phenoxy) is 1. The molecule has 8 nitrogen and oxygen atoms in total. The normalized spacial score (nSPS) is 13.9. The summed E-state index contributed by atoms with van der Waals surface area (Å²) >= 11 is 0. The molecule has 0 atom stereocenters. The predicted molar refractivity (Wildman–Crippen MR) is 145 cm³/mol. The number of carbonyl (C=O) groups is 1. The Bertz CT molecular complexity index is 1730. The van der Waals surface area contributed by atoms with Gasteiger partial charge in [-0.15, -0.1) is 0 Å². The molecule has 3 aromatic carbocycles. The summed E-state index contributed by atoms with van der Waals surface area (Å²) in [5.74, 6) is 0.108. The second-order valence-electron chi connectivity index (χ2n) is 9.29. The van der Waals surface area contributed by atoms with Crippen LogP contribution in [0.3, 0.4) is 0 Å². The lowest BCUT2D eigenvalue weighted by Gasteiger charge is -2.36.